The van der Waals surface area contributed by atoms with Crippen molar-refractivity contribution in [1.29, 1.82) is 0 Å². The van der Waals surface area contributed by atoms with E-state index in [4.69, 9.17) is 19.1 Å². The number of esters is 2. The van der Waals surface area contributed by atoms with Crippen molar-refractivity contribution in [2.24, 2.45) is 0 Å². The van der Waals surface area contributed by atoms with Gasteiger partial charge in [0.2, 0.25) is 0 Å². The molecule has 304 valence electrons. The van der Waals surface area contributed by atoms with Gasteiger partial charge >= 0.3 is 19.8 Å². The molecule has 3 N–H and O–H groups in total. The van der Waals surface area contributed by atoms with Crippen LogP contribution >= 0.6 is 7.82 Å². The highest BCUT2D eigenvalue weighted by molar-refractivity contribution is 7.47. The number of unbranched alkanes of at least 4 members (excludes halogenated alkanes) is 26. The predicted octanol–water partition coefficient (Wildman–Crippen LogP) is 10.7. The SMILES string of the molecule is CCCCCCCCCCCCCCCCCCC(=O)OC(COC(=O)CCCCCCCCCCCCCC)COP(=O)(O)OCC(O)CO. The Morgan fingerprint density at radius 3 is 1.22 bits per heavy atom. The molecule has 0 aliphatic heterocycles. The Bertz CT molecular complexity index is 827. The number of phosphoric acid groups is 1. The number of ether oxygens (including phenoxy) is 2. The topological polar surface area (TPSA) is 149 Å². The molecule has 0 aromatic rings. The molecule has 0 aliphatic rings. The molecule has 0 spiro atoms. The number of aliphatic hydroxyl groups is 2. The van der Waals surface area contributed by atoms with Crippen LogP contribution in [0.2, 0.25) is 0 Å². The highest BCUT2D eigenvalue weighted by Gasteiger charge is 2.27. The van der Waals surface area contributed by atoms with Gasteiger partial charge in [-0.1, -0.05) is 181 Å². The molecule has 0 aromatic carbocycles. The molecule has 51 heavy (non-hydrogen) atoms. The van der Waals surface area contributed by atoms with E-state index in [0.717, 1.165) is 38.5 Å². The summed E-state index contributed by atoms with van der Waals surface area (Å²) in [6, 6.07) is 0. The Morgan fingerprint density at radius 2 is 0.843 bits per heavy atom. The van der Waals surface area contributed by atoms with E-state index >= 15 is 0 Å². The van der Waals surface area contributed by atoms with E-state index in [1.165, 1.54) is 128 Å². The van der Waals surface area contributed by atoms with Gasteiger partial charge in [0.25, 0.3) is 0 Å². The van der Waals surface area contributed by atoms with Gasteiger partial charge in [-0.3, -0.25) is 18.6 Å². The number of hydrogen-bond acceptors (Lipinski definition) is 9. The van der Waals surface area contributed by atoms with Crippen LogP contribution in [0.15, 0.2) is 0 Å². The zero-order valence-electron chi connectivity index (χ0n) is 32.8. The first-order valence-corrected chi connectivity index (χ1v) is 22.5. The first-order valence-electron chi connectivity index (χ1n) is 21.0. The summed E-state index contributed by atoms with van der Waals surface area (Å²) in [5, 5.41) is 18.3. The van der Waals surface area contributed by atoms with Crippen LogP contribution in [0.25, 0.3) is 0 Å². The molecule has 0 saturated carbocycles. The Balaban J connectivity index is 4.27. The quantitative estimate of drug-likeness (QED) is 0.0314. The molecule has 0 aromatic heterocycles. The number of carbonyl (C=O) groups excluding carboxylic acids is 2. The fraction of sp³-hybridized carbons (Fsp3) is 0.950. The Labute approximate surface area is 312 Å². The average molecular weight is 751 g/mol. The van der Waals surface area contributed by atoms with Gasteiger partial charge in [-0.2, -0.15) is 0 Å². The molecule has 0 aliphatic carbocycles. The second-order valence-electron chi connectivity index (χ2n) is 14.4. The monoisotopic (exact) mass is 751 g/mol. The molecule has 0 heterocycles. The van der Waals surface area contributed by atoms with Gasteiger partial charge in [0.05, 0.1) is 19.8 Å². The third-order valence-corrected chi connectivity index (χ3v) is 10.2. The standard InChI is InChI=1S/C40H79O10P/c1-3-5-7-9-11-13-15-17-18-19-20-22-24-26-28-30-32-40(44)50-38(36-49-51(45,46)48-34-37(42)33-41)35-47-39(43)31-29-27-25-23-21-16-14-12-10-8-6-4-2/h37-38,41-42H,3-36H2,1-2H3,(H,45,46). The molecular weight excluding hydrogens is 671 g/mol. The van der Waals surface area contributed by atoms with E-state index < -0.39 is 51.8 Å². The fourth-order valence-corrected chi connectivity index (χ4v) is 6.78. The Kier molecular flexibility index (Phi) is 36.5. The lowest BCUT2D eigenvalue weighted by Gasteiger charge is -2.20. The highest BCUT2D eigenvalue weighted by Crippen LogP contribution is 2.43. The van der Waals surface area contributed by atoms with Gasteiger partial charge in [0.15, 0.2) is 6.10 Å². The van der Waals surface area contributed by atoms with Crippen LogP contribution in [0, 0.1) is 0 Å². The van der Waals surface area contributed by atoms with Crippen LogP contribution in [0.3, 0.4) is 0 Å². The number of phosphoric ester groups is 1. The minimum absolute atomic E-state index is 0.192. The number of aliphatic hydroxyl groups excluding tert-OH is 2. The molecule has 0 bridgehead atoms. The van der Waals surface area contributed by atoms with Crippen molar-refractivity contribution in [2.45, 2.75) is 219 Å². The second kappa shape index (κ2) is 37.3. The van der Waals surface area contributed by atoms with Crippen molar-refractivity contribution in [1.82, 2.24) is 0 Å². The minimum atomic E-state index is -4.60. The fourth-order valence-electron chi connectivity index (χ4n) is 5.99. The zero-order valence-corrected chi connectivity index (χ0v) is 33.7. The van der Waals surface area contributed by atoms with Gasteiger partial charge in [0, 0.05) is 12.8 Å². The van der Waals surface area contributed by atoms with Gasteiger partial charge in [-0.05, 0) is 12.8 Å². The molecule has 10 nitrogen and oxygen atoms in total. The first kappa shape index (κ1) is 50.0. The number of rotatable bonds is 40. The van der Waals surface area contributed by atoms with E-state index in [1.807, 2.05) is 0 Å². The van der Waals surface area contributed by atoms with Crippen LogP contribution in [0.1, 0.15) is 206 Å². The zero-order chi connectivity index (χ0) is 37.7. The molecule has 3 atom stereocenters. The molecular formula is C40H79O10P. The molecule has 0 radical (unpaired) electrons. The predicted molar refractivity (Wildman–Crippen MR) is 206 cm³/mol. The molecule has 0 amide bonds. The Morgan fingerprint density at radius 1 is 0.510 bits per heavy atom. The molecule has 3 unspecified atom stereocenters. The summed E-state index contributed by atoms with van der Waals surface area (Å²) in [7, 11) is -4.60. The van der Waals surface area contributed by atoms with Crippen LogP contribution in [-0.2, 0) is 32.7 Å². The Hall–Kier alpha value is -1.03. The lowest BCUT2D eigenvalue weighted by molar-refractivity contribution is -0.161. The number of hydrogen-bond donors (Lipinski definition) is 3. The maximum atomic E-state index is 12.6. The summed E-state index contributed by atoms with van der Waals surface area (Å²) in [4.78, 5) is 34.9. The van der Waals surface area contributed by atoms with E-state index in [1.54, 1.807) is 0 Å². The summed E-state index contributed by atoms with van der Waals surface area (Å²) >= 11 is 0. The van der Waals surface area contributed by atoms with Gasteiger partial charge < -0.3 is 24.6 Å². The van der Waals surface area contributed by atoms with Gasteiger partial charge in [0.1, 0.15) is 12.7 Å². The van der Waals surface area contributed by atoms with E-state index in [0.29, 0.717) is 12.8 Å². The maximum absolute atomic E-state index is 12.6. The van der Waals surface area contributed by atoms with Crippen LogP contribution < -0.4 is 0 Å². The first-order chi connectivity index (χ1) is 24.7. The van der Waals surface area contributed by atoms with Crippen molar-refractivity contribution in [3.05, 3.63) is 0 Å². The van der Waals surface area contributed by atoms with E-state index in [2.05, 4.69) is 18.4 Å². The van der Waals surface area contributed by atoms with Crippen molar-refractivity contribution in [2.75, 3.05) is 26.4 Å². The lowest BCUT2D eigenvalue weighted by Crippen LogP contribution is -2.29. The van der Waals surface area contributed by atoms with Gasteiger partial charge in [-0.15, -0.1) is 0 Å². The molecule has 0 rings (SSSR count). The number of carbonyl (C=O) groups is 2. The van der Waals surface area contributed by atoms with Crippen LogP contribution in [-0.4, -0.2) is 65.7 Å². The summed E-state index contributed by atoms with van der Waals surface area (Å²) in [5.74, 6) is -0.911. The van der Waals surface area contributed by atoms with E-state index in [-0.39, 0.29) is 19.4 Å². The third kappa shape index (κ3) is 37.1. The van der Waals surface area contributed by atoms with Gasteiger partial charge in [-0.25, -0.2) is 4.57 Å². The summed E-state index contributed by atoms with van der Waals surface area (Å²) in [5.41, 5.74) is 0. The van der Waals surface area contributed by atoms with Crippen molar-refractivity contribution in [3.63, 3.8) is 0 Å². The summed E-state index contributed by atoms with van der Waals surface area (Å²) in [6.45, 7) is 2.40. The second-order valence-corrected chi connectivity index (χ2v) is 15.8. The lowest BCUT2D eigenvalue weighted by atomic mass is 10.0. The van der Waals surface area contributed by atoms with Crippen molar-refractivity contribution < 1.29 is 47.8 Å². The largest absolute Gasteiger partial charge is 0.472 e. The van der Waals surface area contributed by atoms with Crippen LogP contribution in [0.5, 0.6) is 0 Å². The highest BCUT2D eigenvalue weighted by atomic mass is 31.2. The molecule has 0 fully saturated rings. The third-order valence-electron chi connectivity index (χ3n) is 9.26. The normalized spacial score (nSPS) is 13.9. The average Bonchev–Trinajstić information content (AvgIpc) is 3.12. The summed E-state index contributed by atoms with van der Waals surface area (Å²) < 4.78 is 32.7. The van der Waals surface area contributed by atoms with Crippen LogP contribution in [0.4, 0.5) is 0 Å². The van der Waals surface area contributed by atoms with E-state index in [9.17, 15) is 24.2 Å². The van der Waals surface area contributed by atoms with Crippen molar-refractivity contribution >= 4 is 19.8 Å². The maximum Gasteiger partial charge on any atom is 0.472 e. The van der Waals surface area contributed by atoms with Crippen molar-refractivity contribution in [3.8, 4) is 0 Å². The summed E-state index contributed by atoms with van der Waals surface area (Å²) in [6.07, 6.45) is 32.1. The molecule has 0 saturated heterocycles. The minimum Gasteiger partial charge on any atom is -0.462 e. The smallest absolute Gasteiger partial charge is 0.462 e. The molecule has 11 heteroatoms.